The standard InChI is InChI=1S/C20H24N2O3S/c1-21-20(24)16-6-4-15(5-7-16)14-22(2)19(23)12-13-26-18-10-8-17(25-3)9-11-18/h4-11H,12-14H2,1-3H3,(H,21,24). The number of carbonyl (C=O) groups excluding carboxylic acids is 2. The first-order chi connectivity index (χ1) is 12.5. The summed E-state index contributed by atoms with van der Waals surface area (Å²) in [6.45, 7) is 0.528. The molecule has 0 saturated heterocycles. The van der Waals surface area contributed by atoms with Gasteiger partial charge in [0.05, 0.1) is 7.11 Å². The molecule has 2 amide bonds. The van der Waals surface area contributed by atoms with Crippen molar-refractivity contribution in [1.29, 1.82) is 0 Å². The summed E-state index contributed by atoms with van der Waals surface area (Å²) in [4.78, 5) is 26.7. The van der Waals surface area contributed by atoms with E-state index < -0.39 is 0 Å². The molecule has 6 heteroatoms. The minimum Gasteiger partial charge on any atom is -0.497 e. The van der Waals surface area contributed by atoms with Crippen LogP contribution in [0.4, 0.5) is 0 Å². The lowest BCUT2D eigenvalue weighted by Gasteiger charge is -2.17. The average Bonchev–Trinajstić information content (AvgIpc) is 2.68. The van der Waals surface area contributed by atoms with Gasteiger partial charge in [0.25, 0.3) is 5.91 Å². The smallest absolute Gasteiger partial charge is 0.251 e. The van der Waals surface area contributed by atoms with Crippen molar-refractivity contribution < 1.29 is 14.3 Å². The molecule has 138 valence electrons. The number of carbonyl (C=O) groups is 2. The highest BCUT2D eigenvalue weighted by molar-refractivity contribution is 7.99. The van der Waals surface area contributed by atoms with E-state index in [1.54, 1.807) is 50.0 Å². The van der Waals surface area contributed by atoms with Gasteiger partial charge >= 0.3 is 0 Å². The monoisotopic (exact) mass is 372 g/mol. The second-order valence-corrected chi connectivity index (χ2v) is 6.97. The second kappa shape index (κ2) is 9.87. The molecule has 2 rings (SSSR count). The minimum atomic E-state index is -0.114. The van der Waals surface area contributed by atoms with Crippen molar-refractivity contribution in [3.8, 4) is 5.75 Å². The van der Waals surface area contributed by atoms with Crippen molar-refractivity contribution in [3.05, 3.63) is 59.7 Å². The number of nitrogens with one attached hydrogen (secondary N) is 1. The lowest BCUT2D eigenvalue weighted by molar-refractivity contribution is -0.129. The summed E-state index contributed by atoms with van der Waals surface area (Å²) in [6, 6.07) is 15.1. The fraction of sp³-hybridized carbons (Fsp3) is 0.300. The van der Waals surface area contributed by atoms with Gasteiger partial charge in [-0.05, 0) is 42.0 Å². The Morgan fingerprint density at radius 3 is 2.31 bits per heavy atom. The molecule has 1 N–H and O–H groups in total. The summed E-state index contributed by atoms with van der Waals surface area (Å²) in [5.41, 5.74) is 1.61. The first kappa shape index (κ1) is 19.8. The Morgan fingerprint density at radius 2 is 1.73 bits per heavy atom. The summed E-state index contributed by atoms with van der Waals surface area (Å²) in [7, 11) is 5.04. The third-order valence-corrected chi connectivity index (χ3v) is 4.95. The van der Waals surface area contributed by atoms with E-state index in [0.717, 1.165) is 22.0 Å². The van der Waals surface area contributed by atoms with Crippen LogP contribution in [-0.2, 0) is 11.3 Å². The van der Waals surface area contributed by atoms with E-state index in [2.05, 4.69) is 5.32 Å². The van der Waals surface area contributed by atoms with Gasteiger partial charge in [0, 0.05) is 43.3 Å². The molecule has 0 spiro atoms. The van der Waals surface area contributed by atoms with E-state index in [-0.39, 0.29) is 11.8 Å². The maximum atomic E-state index is 12.3. The van der Waals surface area contributed by atoms with E-state index in [9.17, 15) is 9.59 Å². The van der Waals surface area contributed by atoms with Gasteiger partial charge in [-0.3, -0.25) is 9.59 Å². The van der Waals surface area contributed by atoms with E-state index in [0.29, 0.717) is 18.5 Å². The Kier molecular flexibility index (Phi) is 7.53. The van der Waals surface area contributed by atoms with E-state index in [1.807, 2.05) is 36.4 Å². The van der Waals surface area contributed by atoms with Gasteiger partial charge in [0.1, 0.15) is 5.75 Å². The van der Waals surface area contributed by atoms with E-state index in [1.165, 1.54) is 0 Å². The van der Waals surface area contributed by atoms with Crippen molar-refractivity contribution in [2.45, 2.75) is 17.9 Å². The van der Waals surface area contributed by atoms with Crippen LogP contribution in [0.3, 0.4) is 0 Å². The molecule has 2 aromatic carbocycles. The zero-order valence-electron chi connectivity index (χ0n) is 15.3. The number of rotatable bonds is 8. The number of nitrogens with zero attached hydrogens (tertiary/aromatic N) is 1. The molecule has 0 fully saturated rings. The molecule has 0 heterocycles. The number of thioether (sulfide) groups is 1. The van der Waals surface area contributed by atoms with Crippen LogP contribution < -0.4 is 10.1 Å². The molecule has 0 atom stereocenters. The molecule has 5 nitrogen and oxygen atoms in total. The fourth-order valence-corrected chi connectivity index (χ4v) is 3.23. The van der Waals surface area contributed by atoms with Gasteiger partial charge in [0.15, 0.2) is 0 Å². The van der Waals surface area contributed by atoms with Gasteiger partial charge in [-0.1, -0.05) is 12.1 Å². The van der Waals surface area contributed by atoms with Crippen LogP contribution in [0.2, 0.25) is 0 Å². The van der Waals surface area contributed by atoms with Crippen LogP contribution in [-0.4, -0.2) is 43.7 Å². The third kappa shape index (κ3) is 5.81. The van der Waals surface area contributed by atoms with Gasteiger partial charge in [-0.25, -0.2) is 0 Å². The van der Waals surface area contributed by atoms with Gasteiger partial charge in [0.2, 0.25) is 5.91 Å². The Balaban J connectivity index is 1.78. The first-order valence-corrected chi connectivity index (χ1v) is 9.34. The molecular formula is C20H24N2O3S. The molecule has 0 bridgehead atoms. The zero-order chi connectivity index (χ0) is 18.9. The molecule has 26 heavy (non-hydrogen) atoms. The summed E-state index contributed by atoms with van der Waals surface area (Å²) >= 11 is 1.65. The predicted molar refractivity (Wildman–Crippen MR) is 105 cm³/mol. The molecule has 0 unspecified atom stereocenters. The summed E-state index contributed by atoms with van der Waals surface area (Å²) < 4.78 is 5.13. The SMILES string of the molecule is CNC(=O)c1ccc(CN(C)C(=O)CCSc2ccc(OC)cc2)cc1. The number of amides is 2. The molecule has 0 radical (unpaired) electrons. The number of methoxy groups -OCH3 is 1. The topological polar surface area (TPSA) is 58.6 Å². The van der Waals surface area contributed by atoms with Gasteiger partial charge in [-0.15, -0.1) is 11.8 Å². The van der Waals surface area contributed by atoms with Gasteiger partial charge in [-0.2, -0.15) is 0 Å². The Hall–Kier alpha value is -2.47. The minimum absolute atomic E-state index is 0.0985. The van der Waals surface area contributed by atoms with Crippen LogP contribution in [0.5, 0.6) is 5.75 Å². The van der Waals surface area contributed by atoms with E-state index in [4.69, 9.17) is 4.74 Å². The van der Waals surface area contributed by atoms with Crippen molar-refractivity contribution in [3.63, 3.8) is 0 Å². The van der Waals surface area contributed by atoms with E-state index >= 15 is 0 Å². The number of hydrogen-bond donors (Lipinski definition) is 1. The van der Waals surface area contributed by atoms with Crippen molar-refractivity contribution >= 4 is 23.6 Å². The maximum absolute atomic E-state index is 12.3. The molecule has 0 aliphatic rings. The van der Waals surface area contributed by atoms with Crippen molar-refractivity contribution in [2.24, 2.45) is 0 Å². The van der Waals surface area contributed by atoms with Crippen molar-refractivity contribution in [1.82, 2.24) is 10.2 Å². The number of benzene rings is 2. The lowest BCUT2D eigenvalue weighted by Crippen LogP contribution is -2.26. The Morgan fingerprint density at radius 1 is 1.08 bits per heavy atom. The Labute approximate surface area is 158 Å². The highest BCUT2D eigenvalue weighted by Crippen LogP contribution is 2.22. The number of hydrogen-bond acceptors (Lipinski definition) is 4. The normalized spacial score (nSPS) is 10.3. The maximum Gasteiger partial charge on any atom is 0.251 e. The summed E-state index contributed by atoms with van der Waals surface area (Å²) in [5.74, 6) is 1.54. The predicted octanol–water partition coefficient (Wildman–Crippen LogP) is 3.20. The second-order valence-electron chi connectivity index (χ2n) is 5.80. The quantitative estimate of drug-likeness (QED) is 0.723. The van der Waals surface area contributed by atoms with Crippen LogP contribution in [0.15, 0.2) is 53.4 Å². The van der Waals surface area contributed by atoms with Crippen molar-refractivity contribution in [2.75, 3.05) is 27.0 Å². The third-order valence-electron chi connectivity index (χ3n) is 3.93. The largest absolute Gasteiger partial charge is 0.497 e. The molecule has 2 aromatic rings. The highest BCUT2D eigenvalue weighted by Gasteiger charge is 2.10. The molecule has 0 aliphatic carbocycles. The molecular weight excluding hydrogens is 348 g/mol. The summed E-state index contributed by atoms with van der Waals surface area (Å²) in [6.07, 6.45) is 0.476. The van der Waals surface area contributed by atoms with Crippen LogP contribution in [0, 0.1) is 0 Å². The molecule has 0 aromatic heterocycles. The number of ether oxygens (including phenoxy) is 1. The van der Waals surface area contributed by atoms with Gasteiger partial charge < -0.3 is 15.0 Å². The van der Waals surface area contributed by atoms with Crippen LogP contribution >= 0.6 is 11.8 Å². The fourth-order valence-electron chi connectivity index (χ4n) is 2.39. The molecule has 0 aliphatic heterocycles. The zero-order valence-corrected chi connectivity index (χ0v) is 16.1. The average molecular weight is 372 g/mol. The highest BCUT2D eigenvalue weighted by atomic mass is 32.2. The summed E-state index contributed by atoms with van der Waals surface area (Å²) in [5, 5.41) is 2.59. The molecule has 0 saturated carbocycles. The first-order valence-electron chi connectivity index (χ1n) is 8.35. The van der Waals surface area contributed by atoms with Crippen LogP contribution in [0.1, 0.15) is 22.3 Å². The Bertz CT molecular complexity index is 730. The van der Waals surface area contributed by atoms with Crippen LogP contribution in [0.25, 0.3) is 0 Å². The lowest BCUT2D eigenvalue weighted by atomic mass is 10.1.